The molecular formula is C20H20F2N4O4. The number of amides is 1. The SMILES string of the molecule is Cc1oc(-c2cnn(C)c2)nc1C(=O)N1CCOC(c2cccc(OC(F)F)c2)C1. The summed E-state index contributed by atoms with van der Waals surface area (Å²) in [5.74, 6) is 0.502. The van der Waals surface area contributed by atoms with Crippen LogP contribution < -0.4 is 4.74 Å². The van der Waals surface area contributed by atoms with Crippen LogP contribution in [0, 0.1) is 6.92 Å². The third kappa shape index (κ3) is 4.18. The topological polar surface area (TPSA) is 82.6 Å². The summed E-state index contributed by atoms with van der Waals surface area (Å²) in [7, 11) is 1.78. The van der Waals surface area contributed by atoms with Gasteiger partial charge >= 0.3 is 6.61 Å². The van der Waals surface area contributed by atoms with E-state index < -0.39 is 12.7 Å². The molecule has 2 aromatic heterocycles. The van der Waals surface area contributed by atoms with E-state index >= 15 is 0 Å². The summed E-state index contributed by atoms with van der Waals surface area (Å²) in [6.07, 6.45) is 2.89. The van der Waals surface area contributed by atoms with Crippen LogP contribution in [0.2, 0.25) is 0 Å². The monoisotopic (exact) mass is 418 g/mol. The van der Waals surface area contributed by atoms with Gasteiger partial charge in [-0.1, -0.05) is 12.1 Å². The minimum absolute atomic E-state index is 0.0445. The highest BCUT2D eigenvalue weighted by Crippen LogP contribution is 2.28. The molecule has 1 unspecified atom stereocenters. The fourth-order valence-corrected chi connectivity index (χ4v) is 3.33. The summed E-state index contributed by atoms with van der Waals surface area (Å²) in [6.45, 7) is -0.274. The van der Waals surface area contributed by atoms with Crippen molar-refractivity contribution in [2.24, 2.45) is 7.05 Å². The molecule has 0 aliphatic carbocycles. The van der Waals surface area contributed by atoms with Crippen LogP contribution in [0.4, 0.5) is 8.78 Å². The standard InChI is InChI=1S/C20H20F2N4O4/c1-12-17(24-18(29-12)14-9-23-25(2)10-14)19(27)26-6-7-28-16(11-26)13-4-3-5-15(8-13)30-20(21)22/h3-5,8-10,16,20H,6-7,11H2,1-2H3. The molecule has 158 valence electrons. The lowest BCUT2D eigenvalue weighted by atomic mass is 10.1. The van der Waals surface area contributed by atoms with Gasteiger partial charge in [0.1, 0.15) is 17.6 Å². The number of alkyl halides is 2. The van der Waals surface area contributed by atoms with Gasteiger partial charge in [-0.25, -0.2) is 4.98 Å². The quantitative estimate of drug-likeness (QED) is 0.633. The second kappa shape index (κ2) is 8.23. The predicted octanol–water partition coefficient (Wildman–Crippen LogP) is 3.20. The van der Waals surface area contributed by atoms with Crippen LogP contribution in [0.3, 0.4) is 0 Å². The number of ether oxygens (including phenoxy) is 2. The van der Waals surface area contributed by atoms with E-state index in [1.165, 1.54) is 12.1 Å². The molecule has 1 saturated heterocycles. The number of nitrogens with zero attached hydrogens (tertiary/aromatic N) is 4. The van der Waals surface area contributed by atoms with Crippen molar-refractivity contribution in [2.45, 2.75) is 19.6 Å². The normalized spacial score (nSPS) is 16.8. The molecule has 0 bridgehead atoms. The van der Waals surface area contributed by atoms with Gasteiger partial charge in [0.2, 0.25) is 5.89 Å². The van der Waals surface area contributed by atoms with Crippen molar-refractivity contribution in [1.82, 2.24) is 19.7 Å². The number of benzene rings is 1. The number of carbonyl (C=O) groups is 1. The number of hydrogen-bond acceptors (Lipinski definition) is 6. The highest BCUT2D eigenvalue weighted by molar-refractivity contribution is 5.93. The van der Waals surface area contributed by atoms with Crippen molar-refractivity contribution in [3.63, 3.8) is 0 Å². The van der Waals surface area contributed by atoms with Crippen LogP contribution >= 0.6 is 0 Å². The van der Waals surface area contributed by atoms with Gasteiger partial charge in [0.25, 0.3) is 5.91 Å². The van der Waals surface area contributed by atoms with Crippen LogP contribution in [0.15, 0.2) is 41.1 Å². The van der Waals surface area contributed by atoms with Crippen LogP contribution in [0.25, 0.3) is 11.5 Å². The van der Waals surface area contributed by atoms with E-state index in [0.717, 1.165) is 0 Å². The van der Waals surface area contributed by atoms with Crippen molar-refractivity contribution in [3.05, 3.63) is 53.7 Å². The molecular weight excluding hydrogens is 398 g/mol. The molecule has 30 heavy (non-hydrogen) atoms. The van der Waals surface area contributed by atoms with Crippen molar-refractivity contribution >= 4 is 5.91 Å². The van der Waals surface area contributed by atoms with Gasteiger partial charge in [0.15, 0.2) is 5.69 Å². The van der Waals surface area contributed by atoms with Crippen LogP contribution in [-0.2, 0) is 11.8 Å². The van der Waals surface area contributed by atoms with Gasteiger partial charge in [0.05, 0.1) is 24.9 Å². The number of carbonyl (C=O) groups excluding carboxylic acids is 1. The fraction of sp³-hybridized carbons (Fsp3) is 0.350. The maximum absolute atomic E-state index is 13.1. The zero-order chi connectivity index (χ0) is 21.3. The Kier molecular flexibility index (Phi) is 5.49. The van der Waals surface area contributed by atoms with Gasteiger partial charge < -0.3 is 18.8 Å². The Hall–Kier alpha value is -3.27. The highest BCUT2D eigenvalue weighted by atomic mass is 19.3. The molecule has 1 aliphatic rings. The third-order valence-electron chi connectivity index (χ3n) is 4.76. The molecule has 0 spiro atoms. The molecule has 3 heterocycles. The smallest absolute Gasteiger partial charge is 0.387 e. The summed E-state index contributed by atoms with van der Waals surface area (Å²) >= 11 is 0. The largest absolute Gasteiger partial charge is 0.440 e. The average Bonchev–Trinajstić information content (AvgIpc) is 3.33. The first kappa shape index (κ1) is 20.0. The van der Waals surface area contributed by atoms with Crippen molar-refractivity contribution in [1.29, 1.82) is 0 Å². The molecule has 1 aliphatic heterocycles. The number of hydrogen-bond donors (Lipinski definition) is 0. The first-order valence-corrected chi connectivity index (χ1v) is 9.33. The molecule has 8 nitrogen and oxygen atoms in total. The Bertz CT molecular complexity index is 1050. The molecule has 1 aromatic carbocycles. The molecule has 0 N–H and O–H groups in total. The predicted molar refractivity (Wildman–Crippen MR) is 101 cm³/mol. The zero-order valence-electron chi connectivity index (χ0n) is 16.4. The Morgan fingerprint density at radius 3 is 2.93 bits per heavy atom. The van der Waals surface area contributed by atoms with E-state index in [0.29, 0.717) is 35.9 Å². The minimum atomic E-state index is -2.91. The van der Waals surface area contributed by atoms with Crippen LogP contribution in [0.1, 0.15) is 27.9 Å². The maximum atomic E-state index is 13.1. The van der Waals surface area contributed by atoms with Crippen molar-refractivity contribution < 1.29 is 27.5 Å². The van der Waals surface area contributed by atoms with E-state index in [4.69, 9.17) is 9.15 Å². The van der Waals surface area contributed by atoms with E-state index in [-0.39, 0.29) is 23.9 Å². The summed E-state index contributed by atoms with van der Waals surface area (Å²) < 4.78 is 42.5. The molecule has 10 heteroatoms. The lowest BCUT2D eigenvalue weighted by molar-refractivity contribution is -0.0504. The number of halogens is 2. The molecule has 0 saturated carbocycles. The average molecular weight is 418 g/mol. The van der Waals surface area contributed by atoms with Crippen LogP contribution in [0.5, 0.6) is 5.75 Å². The molecule has 0 radical (unpaired) electrons. The van der Waals surface area contributed by atoms with Gasteiger partial charge in [-0.15, -0.1) is 0 Å². The second-order valence-corrected chi connectivity index (χ2v) is 6.89. The lowest BCUT2D eigenvalue weighted by Crippen LogP contribution is -2.42. The summed E-state index contributed by atoms with van der Waals surface area (Å²) in [5, 5.41) is 4.08. The number of rotatable bonds is 5. The minimum Gasteiger partial charge on any atom is -0.440 e. The zero-order valence-corrected chi connectivity index (χ0v) is 16.4. The van der Waals surface area contributed by atoms with Gasteiger partial charge in [-0.3, -0.25) is 9.48 Å². The molecule has 1 amide bonds. The second-order valence-electron chi connectivity index (χ2n) is 6.89. The molecule has 1 fully saturated rings. The Morgan fingerprint density at radius 2 is 2.20 bits per heavy atom. The first-order chi connectivity index (χ1) is 14.4. The Balaban J connectivity index is 1.51. The fourth-order valence-electron chi connectivity index (χ4n) is 3.33. The number of morpholine rings is 1. The van der Waals surface area contributed by atoms with Gasteiger partial charge in [-0.2, -0.15) is 13.9 Å². The third-order valence-corrected chi connectivity index (χ3v) is 4.76. The molecule has 4 rings (SSSR count). The number of aromatic nitrogens is 3. The summed E-state index contributed by atoms with van der Waals surface area (Å²) in [4.78, 5) is 19.0. The Labute approximate surface area is 171 Å². The van der Waals surface area contributed by atoms with Gasteiger partial charge in [-0.05, 0) is 24.6 Å². The van der Waals surface area contributed by atoms with Crippen LogP contribution in [-0.4, -0.2) is 51.9 Å². The van der Waals surface area contributed by atoms with Gasteiger partial charge in [0, 0.05) is 19.8 Å². The van der Waals surface area contributed by atoms with E-state index in [2.05, 4.69) is 14.8 Å². The lowest BCUT2D eigenvalue weighted by Gasteiger charge is -2.33. The van der Waals surface area contributed by atoms with Crippen molar-refractivity contribution in [3.8, 4) is 17.2 Å². The maximum Gasteiger partial charge on any atom is 0.387 e. The first-order valence-electron chi connectivity index (χ1n) is 9.33. The van der Waals surface area contributed by atoms with Crippen molar-refractivity contribution in [2.75, 3.05) is 19.7 Å². The van der Waals surface area contributed by atoms with E-state index in [1.54, 1.807) is 48.1 Å². The molecule has 1 atom stereocenters. The van der Waals surface area contributed by atoms with E-state index in [9.17, 15) is 13.6 Å². The molecule has 3 aromatic rings. The summed E-state index contributed by atoms with van der Waals surface area (Å²) in [5.41, 5.74) is 1.55. The number of aryl methyl sites for hydroxylation is 2. The Morgan fingerprint density at radius 1 is 1.37 bits per heavy atom. The van der Waals surface area contributed by atoms with E-state index in [1.807, 2.05) is 0 Å². The highest BCUT2D eigenvalue weighted by Gasteiger charge is 2.30. The summed E-state index contributed by atoms with van der Waals surface area (Å²) in [6, 6.07) is 6.30. The number of oxazole rings is 1.